The molecule has 4 aliphatic carbocycles. The second-order valence-electron chi connectivity index (χ2n) is 27.4. The van der Waals surface area contributed by atoms with Gasteiger partial charge in [-0.1, -0.05) is 145 Å². The number of carboxylic acids is 1. The van der Waals surface area contributed by atoms with Crippen molar-refractivity contribution in [3.63, 3.8) is 0 Å². The number of esters is 5. The summed E-state index contributed by atoms with van der Waals surface area (Å²) >= 11 is 12.5. The molecule has 0 spiro atoms. The van der Waals surface area contributed by atoms with Gasteiger partial charge in [0.15, 0.2) is 0 Å². The van der Waals surface area contributed by atoms with Crippen LogP contribution < -0.4 is 11.1 Å². The van der Waals surface area contributed by atoms with Gasteiger partial charge in [-0.2, -0.15) is 0 Å². The second-order valence-corrected chi connectivity index (χ2v) is 28.8. The summed E-state index contributed by atoms with van der Waals surface area (Å²) in [5.74, 6) is -0.763. The van der Waals surface area contributed by atoms with E-state index in [1.54, 1.807) is 31.9 Å². The molecule has 9 rings (SSSR count). The van der Waals surface area contributed by atoms with Crippen LogP contribution in [0.25, 0.3) is 5.57 Å². The number of aliphatic carboxylic acids is 1. The molecule has 5 N–H and O–H groups in total. The van der Waals surface area contributed by atoms with Gasteiger partial charge in [-0.3, -0.25) is 38.5 Å². The lowest BCUT2D eigenvalue weighted by molar-refractivity contribution is -0.159. The highest BCUT2D eigenvalue weighted by Gasteiger charge is 2.56. The number of allylic oxidation sites excluding steroid dienone is 3. The van der Waals surface area contributed by atoms with Crippen LogP contribution in [-0.4, -0.2) is 128 Å². The van der Waals surface area contributed by atoms with Crippen LogP contribution >= 0.6 is 39.1 Å². The first-order valence-electron chi connectivity index (χ1n) is 32.8. The minimum absolute atomic E-state index is 0.106. The number of aromatic nitrogens is 1. The minimum atomic E-state index is -1.04. The lowest BCUT2D eigenvalue weighted by Crippen LogP contribution is -2.49. The highest BCUT2D eigenvalue weighted by molar-refractivity contribution is 9.09. The van der Waals surface area contributed by atoms with E-state index in [2.05, 4.69) is 93.4 Å². The van der Waals surface area contributed by atoms with Crippen molar-refractivity contribution in [2.24, 2.45) is 34.3 Å². The summed E-state index contributed by atoms with van der Waals surface area (Å²) in [7, 11) is 0. The third-order valence-electron chi connectivity index (χ3n) is 16.5. The maximum atomic E-state index is 12.2. The molecule has 0 radical (unpaired) electrons. The molecule has 5 aliphatic rings. The van der Waals surface area contributed by atoms with Crippen molar-refractivity contribution in [1.82, 2.24) is 15.2 Å². The van der Waals surface area contributed by atoms with E-state index >= 15 is 0 Å². The van der Waals surface area contributed by atoms with Gasteiger partial charge in [0.2, 0.25) is 5.91 Å². The molecule has 1 amide bonds. The van der Waals surface area contributed by atoms with Gasteiger partial charge in [0, 0.05) is 25.4 Å². The van der Waals surface area contributed by atoms with Crippen molar-refractivity contribution in [2.45, 2.75) is 189 Å². The number of nitrogens with one attached hydrogen (secondary N) is 1. The molecule has 0 unspecified atom stereocenters. The fraction of sp³-hybridized carbons (Fsp3) is 0.547. The van der Waals surface area contributed by atoms with Crippen LogP contribution in [0.4, 0.5) is 0 Å². The average Bonchev–Trinajstić information content (AvgIpc) is 1.69. The first kappa shape index (κ1) is 82.9. The number of rotatable bonds is 17. The third kappa shape index (κ3) is 32.1. The number of aliphatic hydroxyl groups is 1. The van der Waals surface area contributed by atoms with Crippen LogP contribution in [0.2, 0.25) is 0 Å². The van der Waals surface area contributed by atoms with Gasteiger partial charge >= 0.3 is 35.8 Å². The molecule has 3 fully saturated rings. The average molecular weight is 1420 g/mol. The minimum Gasteiger partial charge on any atom is -0.481 e. The molecule has 1 aliphatic heterocycles. The summed E-state index contributed by atoms with van der Waals surface area (Å²) in [5.41, 5.74) is 12.7. The number of carboxylic acid groups (broad SMARTS) is 1. The van der Waals surface area contributed by atoms with Crippen molar-refractivity contribution < 1.29 is 62.7 Å². The number of carbonyl (C=O) groups excluding carboxylic acids is 6. The molecule has 524 valence electrons. The van der Waals surface area contributed by atoms with Crippen molar-refractivity contribution in [3.8, 4) is 0 Å². The van der Waals surface area contributed by atoms with E-state index < -0.39 is 35.1 Å². The zero-order chi connectivity index (χ0) is 70.8. The highest BCUT2D eigenvalue weighted by Crippen LogP contribution is 2.66. The number of halogens is 3. The maximum absolute atomic E-state index is 12.2. The fourth-order valence-corrected chi connectivity index (χ4v) is 12.5. The van der Waals surface area contributed by atoms with Gasteiger partial charge in [-0.25, -0.2) is 0 Å². The molecule has 4 aromatic rings. The standard InChI is InChI=1S/C24H31NO.C18H25NO5.C14H21NO2.C8H11N.C6H11BrO2.C4H4O3.CH2Cl2/c1-23-11-9-18(26)14-17(23)5-6-19-21-8-7-20(16-4-3-13-25-15-16)24(21,2)12-10-22(19)23;1-18(2,3)24-17(23)13-19(15(20)9-10-16(21)22)12-11-14-7-5-4-6-8-14;1-14(2,3)17-13(16)11-15-10-9-12-7-5-4-6-8-12;9-7-6-8-4-2-1-3-5-8;1-6(2,3)9-5(8)4-7;5-3-1-2-4(6)7-3;2-1-3/h3-5,7,13,15,18-19,21-22,26H,6,8-12,14H2,1-2H3;4-8H,9-13H2,1-3H3,(H,21,22);4-8,15H,9-11H2,1-3H3;1-5H,6-7,9H2;4H2,1-3H3;1-2H2;1H2/t18-,19-,21-,22-,23-,24+;;;;;;/m0....../s1. The van der Waals surface area contributed by atoms with Crippen molar-refractivity contribution >= 4 is 86.4 Å². The Balaban J connectivity index is 0.000000313. The summed E-state index contributed by atoms with van der Waals surface area (Å²) in [6.07, 6.45) is 19.7. The Morgan fingerprint density at radius 1 is 0.684 bits per heavy atom. The predicted octanol–water partition coefficient (Wildman–Crippen LogP) is 14.0. The molecule has 1 aromatic heterocycles. The van der Waals surface area contributed by atoms with Crippen LogP contribution in [0.15, 0.2) is 133 Å². The number of nitrogens with zero attached hydrogens (tertiary/aromatic N) is 2. The molecule has 6 atom stereocenters. The number of carbonyl (C=O) groups is 7. The van der Waals surface area contributed by atoms with Gasteiger partial charge in [-0.05, 0) is 202 Å². The lowest BCUT2D eigenvalue weighted by Gasteiger charge is -2.57. The summed E-state index contributed by atoms with van der Waals surface area (Å²) in [4.78, 5) is 82.6. The largest absolute Gasteiger partial charge is 0.481 e. The smallest absolute Gasteiger partial charge is 0.326 e. The van der Waals surface area contributed by atoms with Crippen LogP contribution in [0.3, 0.4) is 0 Å². The number of nitrogens with two attached hydrogens (primary N) is 1. The number of aliphatic hydroxyl groups excluding tert-OH is 1. The third-order valence-corrected chi connectivity index (χ3v) is 16.9. The van der Waals surface area contributed by atoms with E-state index in [4.69, 9.17) is 48.3 Å². The first-order chi connectivity index (χ1) is 44.8. The van der Waals surface area contributed by atoms with E-state index in [1.807, 2.05) is 121 Å². The SMILES string of the molecule is CC(C)(C)OC(=O)CBr.CC(C)(C)OC(=O)CN(CCc1ccccc1)C(=O)CCC(=O)O.CC(C)(C)OC(=O)CNCCc1ccccc1.C[C@]12CC[C@H](O)CC1=CC[C@@H]1[C@@H]2CC[C@]2(C)C(c3cccnc3)=CC[C@@H]12.ClCCl.NCCc1ccccc1.O=C1CCC(=O)O1. The molecular formula is C75H105BrCl2N4O13. The quantitative estimate of drug-likeness (QED) is 0.0191. The summed E-state index contributed by atoms with van der Waals surface area (Å²) in [6, 6.07) is 34.3. The highest BCUT2D eigenvalue weighted by atomic mass is 79.9. The van der Waals surface area contributed by atoms with Crippen LogP contribution in [0, 0.1) is 28.6 Å². The molecule has 95 heavy (non-hydrogen) atoms. The number of benzene rings is 3. The van der Waals surface area contributed by atoms with E-state index in [0.29, 0.717) is 23.8 Å². The van der Waals surface area contributed by atoms with E-state index in [9.17, 15) is 38.7 Å². The van der Waals surface area contributed by atoms with Crippen molar-refractivity contribution in [2.75, 3.05) is 43.4 Å². The molecule has 2 heterocycles. The second kappa shape index (κ2) is 41.7. The predicted molar refractivity (Wildman–Crippen MR) is 379 cm³/mol. The van der Waals surface area contributed by atoms with Crippen LogP contribution in [-0.2, 0) is 71.8 Å². The van der Waals surface area contributed by atoms with Gasteiger partial charge < -0.3 is 45.1 Å². The van der Waals surface area contributed by atoms with Crippen molar-refractivity contribution in [1.29, 1.82) is 0 Å². The number of ether oxygens (including phenoxy) is 4. The number of fused-ring (bicyclic) bond motifs is 5. The van der Waals surface area contributed by atoms with E-state index in [1.165, 1.54) is 53.7 Å². The van der Waals surface area contributed by atoms with Crippen LogP contribution in [0.1, 0.15) is 169 Å². The molecular weight excluding hydrogens is 1320 g/mol. The Morgan fingerprint density at radius 2 is 1.20 bits per heavy atom. The zero-order valence-electron chi connectivity index (χ0n) is 57.8. The van der Waals surface area contributed by atoms with Gasteiger partial charge in [-0.15, -0.1) is 23.2 Å². The van der Waals surface area contributed by atoms with Crippen molar-refractivity contribution in [3.05, 3.63) is 156 Å². The topological polar surface area (TPSA) is 251 Å². The molecule has 3 aromatic carbocycles. The number of amides is 1. The Hall–Kier alpha value is -6.28. The maximum Gasteiger partial charge on any atom is 0.326 e. The summed E-state index contributed by atoms with van der Waals surface area (Å²) < 4.78 is 19.4. The molecule has 0 bridgehead atoms. The molecule has 20 heteroatoms. The van der Waals surface area contributed by atoms with Crippen LogP contribution in [0.5, 0.6) is 0 Å². The Bertz CT molecular complexity index is 3030. The molecule has 1 saturated heterocycles. The monoisotopic (exact) mass is 1420 g/mol. The lowest BCUT2D eigenvalue weighted by atomic mass is 9.47. The molecule has 2 saturated carbocycles. The number of alkyl halides is 3. The number of hydrogen-bond donors (Lipinski definition) is 4. The number of pyridine rings is 1. The first-order valence-corrected chi connectivity index (χ1v) is 35.0. The van der Waals surface area contributed by atoms with Gasteiger partial charge in [0.25, 0.3) is 0 Å². The zero-order valence-corrected chi connectivity index (χ0v) is 60.9. The Kier molecular flexibility index (Phi) is 36.4. The Labute approximate surface area is 583 Å². The van der Waals surface area contributed by atoms with Gasteiger partial charge in [0.1, 0.15) is 28.7 Å². The molecule has 17 nitrogen and oxygen atoms in total. The summed E-state index contributed by atoms with van der Waals surface area (Å²) in [6.45, 7) is 23.4. The summed E-state index contributed by atoms with van der Waals surface area (Å²) in [5, 5.41) is 22.4. The normalized spacial score (nSPS) is 20.5. The Morgan fingerprint density at radius 3 is 1.67 bits per heavy atom. The van der Waals surface area contributed by atoms with Gasteiger partial charge in [0.05, 0.1) is 37.3 Å². The number of cyclic esters (lactones) is 2. The fourth-order valence-electron chi connectivity index (χ4n) is 12.3. The van der Waals surface area contributed by atoms with E-state index in [-0.39, 0.29) is 79.0 Å². The number of hydrogen-bond acceptors (Lipinski definition) is 15. The van der Waals surface area contributed by atoms with E-state index in [0.717, 1.165) is 62.1 Å².